The molecule has 0 aliphatic heterocycles. The van der Waals surface area contributed by atoms with E-state index in [9.17, 15) is 0 Å². The second-order valence-corrected chi connectivity index (χ2v) is 2.15. The van der Waals surface area contributed by atoms with Gasteiger partial charge in [0.15, 0.2) is 0 Å². The van der Waals surface area contributed by atoms with E-state index in [4.69, 9.17) is 5.73 Å². The molecule has 3 N–H and O–H groups in total. The summed E-state index contributed by atoms with van der Waals surface area (Å²) in [6.07, 6.45) is 2.11. The summed E-state index contributed by atoms with van der Waals surface area (Å²) in [7, 11) is 1.89. The topological polar surface area (TPSA) is 38.0 Å². The largest absolute Gasteiger partial charge is 0.401 e. The van der Waals surface area contributed by atoms with Gasteiger partial charge in [0.1, 0.15) is 0 Å². The van der Waals surface area contributed by atoms with Crippen LogP contribution in [0.2, 0.25) is 0 Å². The Balaban J connectivity index is 3.78. The van der Waals surface area contributed by atoms with Crippen LogP contribution in [0.1, 0.15) is 26.7 Å². The zero-order valence-electron chi connectivity index (χ0n) is 6.49. The predicted octanol–water partition coefficient (Wildman–Crippen LogP) is 1.20. The summed E-state index contributed by atoms with van der Waals surface area (Å²) in [5, 5.41) is 3.00. The molecule has 2 nitrogen and oxygen atoms in total. The normalized spacial score (nSPS) is 12.8. The first-order chi connectivity index (χ1) is 4.22. The number of allylic oxidation sites excluding steroid dienone is 2. The van der Waals surface area contributed by atoms with Crippen LogP contribution in [0, 0.1) is 0 Å². The predicted molar refractivity (Wildman–Crippen MR) is 40.9 cm³/mol. The quantitative estimate of drug-likeness (QED) is 0.599. The minimum absolute atomic E-state index is 0.972. The molecule has 0 fully saturated rings. The number of hydrogen-bond donors (Lipinski definition) is 2. The first-order valence-corrected chi connectivity index (χ1v) is 3.35. The molecule has 0 rings (SSSR count). The van der Waals surface area contributed by atoms with Crippen molar-refractivity contribution in [3.05, 3.63) is 11.4 Å². The highest BCUT2D eigenvalue weighted by molar-refractivity contribution is 5.05. The van der Waals surface area contributed by atoms with Gasteiger partial charge in [0.25, 0.3) is 0 Å². The molecule has 0 atom stereocenters. The molecule has 0 aliphatic carbocycles. The first-order valence-electron chi connectivity index (χ1n) is 3.35. The van der Waals surface area contributed by atoms with E-state index in [-0.39, 0.29) is 0 Å². The van der Waals surface area contributed by atoms with E-state index >= 15 is 0 Å². The first kappa shape index (κ1) is 8.34. The number of hydrogen-bond acceptors (Lipinski definition) is 2. The van der Waals surface area contributed by atoms with Gasteiger partial charge in [-0.15, -0.1) is 0 Å². The number of nitrogens with two attached hydrogens (primary N) is 1. The van der Waals surface area contributed by atoms with Crippen molar-refractivity contribution in [1.29, 1.82) is 0 Å². The van der Waals surface area contributed by atoms with E-state index in [1.54, 1.807) is 0 Å². The standard InChI is InChI=1S/C7H16N2/c1-4-5-7(8)6(2)9-3/h9H,4-5,8H2,1-3H3/b7-6-. The van der Waals surface area contributed by atoms with E-state index in [1.165, 1.54) is 0 Å². The van der Waals surface area contributed by atoms with Crippen LogP contribution < -0.4 is 11.1 Å². The molecule has 0 amide bonds. The molecule has 0 aromatic carbocycles. The van der Waals surface area contributed by atoms with Gasteiger partial charge in [-0.3, -0.25) is 0 Å². The molecule has 0 heterocycles. The van der Waals surface area contributed by atoms with Crippen molar-refractivity contribution in [2.45, 2.75) is 26.7 Å². The zero-order chi connectivity index (χ0) is 7.28. The van der Waals surface area contributed by atoms with Gasteiger partial charge in [-0.05, 0) is 13.3 Å². The van der Waals surface area contributed by atoms with Gasteiger partial charge in [-0.1, -0.05) is 13.3 Å². The maximum Gasteiger partial charge on any atom is 0.0270 e. The van der Waals surface area contributed by atoms with Crippen molar-refractivity contribution < 1.29 is 0 Å². The van der Waals surface area contributed by atoms with E-state index in [2.05, 4.69) is 12.2 Å². The molecule has 0 aliphatic rings. The molecule has 0 aromatic rings. The Morgan fingerprint density at radius 3 is 2.44 bits per heavy atom. The zero-order valence-corrected chi connectivity index (χ0v) is 6.49. The third-order valence-corrected chi connectivity index (χ3v) is 1.38. The molecule has 0 unspecified atom stereocenters. The lowest BCUT2D eigenvalue weighted by atomic mass is 10.2. The molecule has 0 saturated carbocycles. The lowest BCUT2D eigenvalue weighted by molar-refractivity contribution is 0.839. The van der Waals surface area contributed by atoms with E-state index in [0.29, 0.717) is 0 Å². The smallest absolute Gasteiger partial charge is 0.0270 e. The summed E-state index contributed by atoms with van der Waals surface area (Å²) in [5.41, 5.74) is 7.72. The molecule has 0 aromatic heterocycles. The van der Waals surface area contributed by atoms with Crippen molar-refractivity contribution in [2.24, 2.45) is 5.73 Å². The van der Waals surface area contributed by atoms with Gasteiger partial charge in [0.05, 0.1) is 0 Å². The molecule has 54 valence electrons. The van der Waals surface area contributed by atoms with Gasteiger partial charge in [-0.2, -0.15) is 0 Å². The minimum atomic E-state index is 0.972. The van der Waals surface area contributed by atoms with Crippen molar-refractivity contribution in [2.75, 3.05) is 7.05 Å². The highest BCUT2D eigenvalue weighted by atomic mass is 14.8. The molecule has 0 bridgehead atoms. The summed E-state index contributed by atoms with van der Waals surface area (Å²) >= 11 is 0. The Bertz CT molecular complexity index is 105. The second kappa shape index (κ2) is 4.24. The van der Waals surface area contributed by atoms with Gasteiger partial charge in [0.2, 0.25) is 0 Å². The maximum atomic E-state index is 5.66. The number of nitrogens with one attached hydrogen (secondary N) is 1. The molecular weight excluding hydrogens is 112 g/mol. The van der Waals surface area contributed by atoms with Crippen LogP contribution in [-0.4, -0.2) is 7.05 Å². The molecule has 0 saturated heterocycles. The van der Waals surface area contributed by atoms with Crippen molar-refractivity contribution in [1.82, 2.24) is 5.32 Å². The fourth-order valence-electron chi connectivity index (χ4n) is 0.617. The summed E-state index contributed by atoms with van der Waals surface area (Å²) in [5.74, 6) is 0. The van der Waals surface area contributed by atoms with Crippen LogP contribution in [-0.2, 0) is 0 Å². The Morgan fingerprint density at radius 2 is 2.11 bits per heavy atom. The molecule has 0 radical (unpaired) electrons. The SMILES string of the molecule is CCC/C(N)=C(\C)NC. The van der Waals surface area contributed by atoms with E-state index in [0.717, 1.165) is 24.2 Å². The Morgan fingerprint density at radius 1 is 1.56 bits per heavy atom. The molecule has 2 heteroatoms. The molecule has 0 spiro atoms. The third-order valence-electron chi connectivity index (χ3n) is 1.38. The maximum absolute atomic E-state index is 5.66. The van der Waals surface area contributed by atoms with Crippen LogP contribution in [0.4, 0.5) is 0 Å². The van der Waals surface area contributed by atoms with E-state index < -0.39 is 0 Å². The van der Waals surface area contributed by atoms with Crippen LogP contribution in [0.3, 0.4) is 0 Å². The monoisotopic (exact) mass is 128 g/mol. The van der Waals surface area contributed by atoms with E-state index in [1.807, 2.05) is 14.0 Å². The second-order valence-electron chi connectivity index (χ2n) is 2.15. The Hall–Kier alpha value is -0.660. The molecule has 9 heavy (non-hydrogen) atoms. The highest BCUT2D eigenvalue weighted by Crippen LogP contribution is 2.00. The summed E-state index contributed by atoms with van der Waals surface area (Å²) in [6.45, 7) is 4.11. The highest BCUT2D eigenvalue weighted by Gasteiger charge is 1.91. The van der Waals surface area contributed by atoms with Crippen molar-refractivity contribution >= 4 is 0 Å². The minimum Gasteiger partial charge on any atom is -0.401 e. The molecular formula is C7H16N2. The fourth-order valence-corrected chi connectivity index (χ4v) is 0.617. The number of rotatable bonds is 3. The summed E-state index contributed by atoms with van der Waals surface area (Å²) < 4.78 is 0. The van der Waals surface area contributed by atoms with Gasteiger partial charge in [-0.25, -0.2) is 0 Å². The van der Waals surface area contributed by atoms with Crippen molar-refractivity contribution in [3.63, 3.8) is 0 Å². The third kappa shape index (κ3) is 3.01. The average Bonchev–Trinajstić information content (AvgIpc) is 1.87. The van der Waals surface area contributed by atoms with Gasteiger partial charge in [0, 0.05) is 18.4 Å². The van der Waals surface area contributed by atoms with Crippen molar-refractivity contribution in [3.8, 4) is 0 Å². The lowest BCUT2D eigenvalue weighted by Crippen LogP contribution is -2.10. The Kier molecular flexibility index (Phi) is 3.93. The van der Waals surface area contributed by atoms with Crippen LogP contribution in [0.5, 0.6) is 0 Å². The summed E-state index contributed by atoms with van der Waals surface area (Å²) in [6, 6.07) is 0. The average molecular weight is 128 g/mol. The van der Waals surface area contributed by atoms with Gasteiger partial charge >= 0.3 is 0 Å². The van der Waals surface area contributed by atoms with Crippen LogP contribution in [0.25, 0.3) is 0 Å². The van der Waals surface area contributed by atoms with Crippen LogP contribution >= 0.6 is 0 Å². The fraction of sp³-hybridized carbons (Fsp3) is 0.714. The van der Waals surface area contributed by atoms with Crippen LogP contribution in [0.15, 0.2) is 11.4 Å². The lowest BCUT2D eigenvalue weighted by Gasteiger charge is -2.04. The van der Waals surface area contributed by atoms with Gasteiger partial charge < -0.3 is 11.1 Å². The Labute approximate surface area is 57.1 Å². The summed E-state index contributed by atoms with van der Waals surface area (Å²) in [4.78, 5) is 0.